The number of benzene rings is 1. The SMILES string of the molecule is COc1cc(Nc2nccc3cc(OCc4cnn(C)c4)ccc23)cnc1C. The van der Waals surface area contributed by atoms with Crippen LogP contribution in [0.4, 0.5) is 11.5 Å². The summed E-state index contributed by atoms with van der Waals surface area (Å²) in [5.74, 6) is 2.28. The largest absolute Gasteiger partial charge is 0.495 e. The van der Waals surface area contributed by atoms with Gasteiger partial charge in [-0.3, -0.25) is 9.67 Å². The number of hydrogen-bond donors (Lipinski definition) is 1. The van der Waals surface area contributed by atoms with E-state index < -0.39 is 0 Å². The molecule has 0 radical (unpaired) electrons. The van der Waals surface area contributed by atoms with Crippen molar-refractivity contribution >= 4 is 22.3 Å². The monoisotopic (exact) mass is 375 g/mol. The van der Waals surface area contributed by atoms with Gasteiger partial charge in [-0.1, -0.05) is 0 Å². The first-order valence-electron chi connectivity index (χ1n) is 8.89. The number of aromatic nitrogens is 4. The molecule has 0 aliphatic rings. The van der Waals surface area contributed by atoms with E-state index >= 15 is 0 Å². The number of fused-ring (bicyclic) bond motifs is 1. The van der Waals surface area contributed by atoms with Gasteiger partial charge in [0.25, 0.3) is 0 Å². The molecule has 0 fully saturated rings. The Kier molecular flexibility index (Phi) is 4.80. The topological polar surface area (TPSA) is 74.1 Å². The van der Waals surface area contributed by atoms with E-state index in [1.807, 2.05) is 50.5 Å². The van der Waals surface area contributed by atoms with Crippen LogP contribution in [0.25, 0.3) is 10.8 Å². The van der Waals surface area contributed by atoms with Crippen LogP contribution < -0.4 is 14.8 Å². The summed E-state index contributed by atoms with van der Waals surface area (Å²) in [5.41, 5.74) is 2.69. The number of aryl methyl sites for hydroxylation is 2. The quantitative estimate of drug-likeness (QED) is 0.549. The molecule has 0 aliphatic carbocycles. The third-order valence-electron chi connectivity index (χ3n) is 4.42. The van der Waals surface area contributed by atoms with Gasteiger partial charge in [0.1, 0.15) is 23.9 Å². The van der Waals surface area contributed by atoms with Crippen LogP contribution in [0.5, 0.6) is 11.5 Å². The second-order valence-corrected chi connectivity index (χ2v) is 6.49. The van der Waals surface area contributed by atoms with Gasteiger partial charge in [-0.15, -0.1) is 0 Å². The highest BCUT2D eigenvalue weighted by Gasteiger charge is 2.07. The van der Waals surface area contributed by atoms with Gasteiger partial charge in [0.15, 0.2) is 0 Å². The van der Waals surface area contributed by atoms with Gasteiger partial charge in [-0.05, 0) is 36.6 Å². The van der Waals surface area contributed by atoms with E-state index in [-0.39, 0.29) is 0 Å². The van der Waals surface area contributed by atoms with E-state index in [1.165, 1.54) is 0 Å². The van der Waals surface area contributed by atoms with E-state index in [1.54, 1.807) is 30.4 Å². The highest BCUT2D eigenvalue weighted by Crippen LogP contribution is 2.29. The van der Waals surface area contributed by atoms with Gasteiger partial charge in [0.05, 0.1) is 30.9 Å². The van der Waals surface area contributed by atoms with Crippen molar-refractivity contribution in [3.8, 4) is 11.5 Å². The van der Waals surface area contributed by atoms with Crippen LogP contribution in [0, 0.1) is 6.92 Å². The minimum atomic E-state index is 0.477. The Morgan fingerprint density at radius 2 is 2.00 bits per heavy atom. The standard InChI is InChI=1S/C21H21N5O2/c1-14-20(27-3)9-17(11-23-14)25-21-19-5-4-18(8-16(19)6-7-22-21)28-13-15-10-24-26(2)12-15/h4-12H,13H2,1-3H3,(H,22,25). The number of pyridine rings is 2. The summed E-state index contributed by atoms with van der Waals surface area (Å²) in [5, 5.41) is 9.51. The Morgan fingerprint density at radius 1 is 1.11 bits per heavy atom. The Labute approximate surface area is 163 Å². The lowest BCUT2D eigenvalue weighted by atomic mass is 10.1. The summed E-state index contributed by atoms with van der Waals surface area (Å²) in [4.78, 5) is 8.83. The Balaban J connectivity index is 1.56. The molecule has 1 N–H and O–H groups in total. The van der Waals surface area contributed by atoms with Crippen molar-refractivity contribution in [2.75, 3.05) is 12.4 Å². The van der Waals surface area contributed by atoms with Gasteiger partial charge >= 0.3 is 0 Å². The molecule has 142 valence electrons. The third kappa shape index (κ3) is 3.73. The summed E-state index contributed by atoms with van der Waals surface area (Å²) in [6, 6.07) is 9.83. The average molecular weight is 375 g/mol. The van der Waals surface area contributed by atoms with E-state index in [4.69, 9.17) is 9.47 Å². The molecule has 4 rings (SSSR count). The molecule has 4 aromatic rings. The van der Waals surface area contributed by atoms with Crippen molar-refractivity contribution in [1.82, 2.24) is 19.7 Å². The first-order chi connectivity index (χ1) is 13.6. The maximum absolute atomic E-state index is 5.89. The number of anilines is 2. The fourth-order valence-electron chi connectivity index (χ4n) is 2.98. The van der Waals surface area contributed by atoms with Crippen LogP contribution in [0.3, 0.4) is 0 Å². The summed E-state index contributed by atoms with van der Waals surface area (Å²) in [7, 11) is 3.53. The molecule has 1 aromatic carbocycles. The lowest BCUT2D eigenvalue weighted by Gasteiger charge is -2.12. The number of rotatable bonds is 6. The van der Waals surface area contributed by atoms with Crippen LogP contribution in [0.15, 0.2) is 55.1 Å². The van der Waals surface area contributed by atoms with E-state index in [0.717, 1.165) is 45.0 Å². The first kappa shape index (κ1) is 17.8. The lowest BCUT2D eigenvalue weighted by Crippen LogP contribution is -1.98. The molecule has 0 bridgehead atoms. The van der Waals surface area contributed by atoms with Crippen LogP contribution in [-0.2, 0) is 13.7 Å². The van der Waals surface area contributed by atoms with Gasteiger partial charge in [0.2, 0.25) is 0 Å². The molecule has 0 saturated heterocycles. The van der Waals surface area contributed by atoms with Gasteiger partial charge < -0.3 is 14.8 Å². The lowest BCUT2D eigenvalue weighted by molar-refractivity contribution is 0.306. The van der Waals surface area contributed by atoms with Crippen molar-refractivity contribution in [3.05, 3.63) is 66.4 Å². The molecule has 3 aromatic heterocycles. The molecule has 3 heterocycles. The maximum atomic E-state index is 5.89. The van der Waals surface area contributed by atoms with E-state index in [0.29, 0.717) is 6.61 Å². The minimum absolute atomic E-state index is 0.477. The highest BCUT2D eigenvalue weighted by atomic mass is 16.5. The zero-order valence-electron chi connectivity index (χ0n) is 16.0. The van der Waals surface area contributed by atoms with Gasteiger partial charge in [0, 0.05) is 36.5 Å². The molecular formula is C21H21N5O2. The number of nitrogens with zero attached hydrogens (tertiary/aromatic N) is 4. The fourth-order valence-corrected chi connectivity index (χ4v) is 2.98. The second kappa shape index (κ2) is 7.56. The molecule has 7 heteroatoms. The zero-order valence-corrected chi connectivity index (χ0v) is 16.0. The molecule has 0 saturated carbocycles. The van der Waals surface area contributed by atoms with Crippen molar-refractivity contribution in [2.45, 2.75) is 13.5 Å². The van der Waals surface area contributed by atoms with Crippen LogP contribution in [0.1, 0.15) is 11.3 Å². The molecule has 0 aliphatic heterocycles. The average Bonchev–Trinajstić information content (AvgIpc) is 3.13. The van der Waals surface area contributed by atoms with Gasteiger partial charge in [-0.2, -0.15) is 5.10 Å². The van der Waals surface area contributed by atoms with Crippen LogP contribution in [0.2, 0.25) is 0 Å². The Morgan fingerprint density at radius 3 is 2.79 bits per heavy atom. The Bertz CT molecular complexity index is 1120. The number of hydrogen-bond acceptors (Lipinski definition) is 6. The second-order valence-electron chi connectivity index (χ2n) is 6.49. The molecule has 0 spiro atoms. The maximum Gasteiger partial charge on any atom is 0.142 e. The minimum Gasteiger partial charge on any atom is -0.495 e. The summed E-state index contributed by atoms with van der Waals surface area (Å²) in [6.45, 7) is 2.39. The molecule has 0 unspecified atom stereocenters. The fraction of sp³-hybridized carbons (Fsp3) is 0.190. The highest BCUT2D eigenvalue weighted by molar-refractivity contribution is 5.94. The van der Waals surface area contributed by atoms with Crippen molar-refractivity contribution in [2.24, 2.45) is 7.05 Å². The number of ether oxygens (including phenoxy) is 2. The van der Waals surface area contributed by atoms with Crippen LogP contribution in [-0.4, -0.2) is 26.9 Å². The summed E-state index contributed by atoms with van der Waals surface area (Å²) in [6.07, 6.45) is 7.28. The van der Waals surface area contributed by atoms with E-state index in [2.05, 4.69) is 20.4 Å². The molecule has 28 heavy (non-hydrogen) atoms. The number of nitrogens with one attached hydrogen (secondary N) is 1. The summed E-state index contributed by atoms with van der Waals surface area (Å²) < 4.78 is 13.0. The van der Waals surface area contributed by atoms with Gasteiger partial charge in [-0.25, -0.2) is 4.98 Å². The zero-order chi connectivity index (χ0) is 19.5. The first-order valence-corrected chi connectivity index (χ1v) is 8.89. The molecular weight excluding hydrogens is 354 g/mol. The summed E-state index contributed by atoms with van der Waals surface area (Å²) >= 11 is 0. The Hall–Kier alpha value is -3.61. The number of methoxy groups -OCH3 is 1. The molecule has 0 atom stereocenters. The van der Waals surface area contributed by atoms with Crippen LogP contribution >= 0.6 is 0 Å². The van der Waals surface area contributed by atoms with Crippen molar-refractivity contribution in [1.29, 1.82) is 0 Å². The van der Waals surface area contributed by atoms with Crippen molar-refractivity contribution in [3.63, 3.8) is 0 Å². The smallest absolute Gasteiger partial charge is 0.142 e. The molecule has 0 amide bonds. The predicted molar refractivity (Wildman–Crippen MR) is 108 cm³/mol. The van der Waals surface area contributed by atoms with Crippen molar-refractivity contribution < 1.29 is 9.47 Å². The normalized spacial score (nSPS) is 10.8. The molecule has 7 nitrogen and oxygen atoms in total. The third-order valence-corrected chi connectivity index (χ3v) is 4.42. The van der Waals surface area contributed by atoms with E-state index in [9.17, 15) is 0 Å². The predicted octanol–water partition coefficient (Wildman–Crippen LogP) is 4.00.